The van der Waals surface area contributed by atoms with Crippen molar-refractivity contribution < 1.29 is 4.79 Å². The molecule has 1 saturated heterocycles. The number of nitrogens with zero attached hydrogens (tertiary/aromatic N) is 4. The quantitative estimate of drug-likeness (QED) is 0.445. The van der Waals surface area contributed by atoms with Crippen LogP contribution in [0.2, 0.25) is 5.02 Å². The fraction of sp³-hybridized carbons (Fsp3) is 0.231. The Hall–Kier alpha value is -3.15. The van der Waals surface area contributed by atoms with Gasteiger partial charge in [-0.2, -0.15) is 0 Å². The van der Waals surface area contributed by atoms with E-state index in [1.807, 2.05) is 35.2 Å². The third-order valence-electron chi connectivity index (χ3n) is 6.13. The van der Waals surface area contributed by atoms with Crippen molar-refractivity contribution in [2.75, 3.05) is 26.2 Å². The molecule has 3 heterocycles. The van der Waals surface area contributed by atoms with Crippen molar-refractivity contribution in [3.8, 4) is 22.4 Å². The smallest absolute Gasteiger partial charge is 0.219 e. The second kappa shape index (κ2) is 8.77. The number of fused-ring (bicyclic) bond motifs is 1. The van der Waals surface area contributed by atoms with Crippen LogP contribution >= 0.6 is 11.6 Å². The molecule has 0 aliphatic carbocycles. The average molecular weight is 445 g/mol. The van der Waals surface area contributed by atoms with Crippen molar-refractivity contribution in [3.63, 3.8) is 0 Å². The van der Waals surface area contributed by atoms with E-state index in [9.17, 15) is 4.79 Å². The second-order valence-corrected chi connectivity index (χ2v) is 8.64. The molecule has 162 valence electrons. The molecule has 1 aliphatic rings. The van der Waals surface area contributed by atoms with Gasteiger partial charge in [0.15, 0.2) is 0 Å². The van der Waals surface area contributed by atoms with Crippen molar-refractivity contribution >= 4 is 23.2 Å². The van der Waals surface area contributed by atoms with Crippen molar-refractivity contribution in [2.24, 2.45) is 0 Å². The van der Waals surface area contributed by atoms with E-state index in [1.165, 1.54) is 5.56 Å². The third kappa shape index (κ3) is 4.14. The standard InChI is InChI=1S/C26H25ClN4O/c1-19(32)30-15-13-29(14-16-30)18-24-26(21-7-10-23(27)11-8-21)28-25-12-9-22(17-31(24)25)20-5-3-2-4-6-20/h2-12,17H,13-16,18H2,1H3. The predicted molar refractivity (Wildman–Crippen MR) is 129 cm³/mol. The molecule has 32 heavy (non-hydrogen) atoms. The number of amides is 1. The van der Waals surface area contributed by atoms with Crippen LogP contribution < -0.4 is 0 Å². The number of aromatic nitrogens is 2. The first kappa shape index (κ1) is 20.7. The normalized spacial score (nSPS) is 14.8. The summed E-state index contributed by atoms with van der Waals surface area (Å²) in [6, 6.07) is 22.5. The molecule has 4 aromatic rings. The van der Waals surface area contributed by atoms with Crippen molar-refractivity contribution in [1.82, 2.24) is 19.2 Å². The Balaban J connectivity index is 1.56. The molecule has 6 heteroatoms. The highest BCUT2D eigenvalue weighted by Crippen LogP contribution is 2.29. The molecule has 0 radical (unpaired) electrons. The number of halogens is 1. The first-order valence-corrected chi connectivity index (χ1v) is 11.3. The number of carbonyl (C=O) groups is 1. The summed E-state index contributed by atoms with van der Waals surface area (Å²) in [5.74, 6) is 0.147. The van der Waals surface area contributed by atoms with E-state index in [0.717, 1.165) is 60.9 Å². The monoisotopic (exact) mass is 444 g/mol. The minimum absolute atomic E-state index is 0.147. The van der Waals surface area contributed by atoms with Gasteiger partial charge in [0.2, 0.25) is 5.91 Å². The number of carbonyl (C=O) groups excluding carboxylic acids is 1. The Morgan fingerprint density at radius 3 is 2.25 bits per heavy atom. The number of rotatable bonds is 4. The van der Waals surface area contributed by atoms with E-state index >= 15 is 0 Å². The van der Waals surface area contributed by atoms with Crippen LogP contribution in [-0.4, -0.2) is 51.3 Å². The lowest BCUT2D eigenvalue weighted by atomic mass is 10.1. The molecule has 1 amide bonds. The summed E-state index contributed by atoms with van der Waals surface area (Å²) < 4.78 is 2.21. The van der Waals surface area contributed by atoms with Crippen LogP contribution in [0, 0.1) is 0 Å². The number of imidazole rings is 1. The minimum Gasteiger partial charge on any atom is -0.340 e. The van der Waals surface area contributed by atoms with Crippen molar-refractivity contribution in [1.29, 1.82) is 0 Å². The Morgan fingerprint density at radius 1 is 0.875 bits per heavy atom. The maximum atomic E-state index is 11.7. The maximum Gasteiger partial charge on any atom is 0.219 e. The zero-order valence-electron chi connectivity index (χ0n) is 18.0. The summed E-state index contributed by atoms with van der Waals surface area (Å²) in [5.41, 5.74) is 6.43. The van der Waals surface area contributed by atoms with Gasteiger partial charge in [-0.1, -0.05) is 54.1 Å². The van der Waals surface area contributed by atoms with Gasteiger partial charge in [-0.25, -0.2) is 4.98 Å². The molecule has 0 atom stereocenters. The molecule has 1 fully saturated rings. The van der Waals surface area contributed by atoms with Gasteiger partial charge in [0.1, 0.15) is 5.65 Å². The number of piperazine rings is 1. The molecule has 5 rings (SSSR count). The molecule has 0 spiro atoms. The van der Waals surface area contributed by atoms with Gasteiger partial charge in [0.25, 0.3) is 0 Å². The van der Waals surface area contributed by atoms with Gasteiger partial charge in [0.05, 0.1) is 11.4 Å². The lowest BCUT2D eigenvalue weighted by Crippen LogP contribution is -2.47. The number of hydrogen-bond acceptors (Lipinski definition) is 3. The molecule has 0 saturated carbocycles. The first-order chi connectivity index (χ1) is 15.6. The lowest BCUT2D eigenvalue weighted by Gasteiger charge is -2.34. The number of hydrogen-bond donors (Lipinski definition) is 0. The molecular formula is C26H25ClN4O. The number of pyridine rings is 1. The highest BCUT2D eigenvalue weighted by Gasteiger charge is 2.22. The third-order valence-corrected chi connectivity index (χ3v) is 6.39. The van der Waals surface area contributed by atoms with Crippen LogP contribution in [0.1, 0.15) is 12.6 Å². The summed E-state index contributed by atoms with van der Waals surface area (Å²) in [6.45, 7) is 5.64. The van der Waals surface area contributed by atoms with Crippen LogP contribution in [0.3, 0.4) is 0 Å². The summed E-state index contributed by atoms with van der Waals surface area (Å²) in [4.78, 5) is 21.0. The fourth-order valence-corrected chi connectivity index (χ4v) is 4.44. The summed E-state index contributed by atoms with van der Waals surface area (Å²) in [7, 11) is 0. The van der Waals surface area contributed by atoms with E-state index in [-0.39, 0.29) is 5.91 Å². The van der Waals surface area contributed by atoms with E-state index < -0.39 is 0 Å². The zero-order chi connectivity index (χ0) is 22.1. The van der Waals surface area contributed by atoms with E-state index in [0.29, 0.717) is 5.02 Å². The maximum absolute atomic E-state index is 11.7. The Morgan fingerprint density at radius 2 is 1.56 bits per heavy atom. The van der Waals surface area contributed by atoms with Gasteiger partial charge in [-0.3, -0.25) is 9.69 Å². The van der Waals surface area contributed by atoms with E-state index in [1.54, 1.807) is 6.92 Å². The van der Waals surface area contributed by atoms with Gasteiger partial charge in [-0.15, -0.1) is 0 Å². The molecule has 2 aromatic carbocycles. The fourth-order valence-electron chi connectivity index (χ4n) is 4.32. The summed E-state index contributed by atoms with van der Waals surface area (Å²) >= 11 is 6.14. The molecule has 0 unspecified atom stereocenters. The topological polar surface area (TPSA) is 40.9 Å². The molecule has 0 N–H and O–H groups in total. The van der Waals surface area contributed by atoms with Crippen LogP contribution in [-0.2, 0) is 11.3 Å². The lowest BCUT2D eigenvalue weighted by molar-refractivity contribution is -0.130. The van der Waals surface area contributed by atoms with Gasteiger partial charge >= 0.3 is 0 Å². The van der Waals surface area contributed by atoms with Crippen LogP contribution in [0.25, 0.3) is 28.0 Å². The van der Waals surface area contributed by atoms with Crippen molar-refractivity contribution in [3.05, 3.63) is 83.6 Å². The van der Waals surface area contributed by atoms with E-state index in [2.05, 4.69) is 51.9 Å². The second-order valence-electron chi connectivity index (χ2n) is 8.21. The van der Waals surface area contributed by atoms with Crippen LogP contribution in [0.4, 0.5) is 0 Å². The number of benzene rings is 2. The molecule has 2 aromatic heterocycles. The Bertz CT molecular complexity index is 1240. The molecule has 1 aliphatic heterocycles. The largest absolute Gasteiger partial charge is 0.340 e. The molecule has 5 nitrogen and oxygen atoms in total. The average Bonchev–Trinajstić information content (AvgIpc) is 3.18. The van der Waals surface area contributed by atoms with Gasteiger partial charge < -0.3 is 9.30 Å². The Kier molecular flexibility index (Phi) is 5.68. The van der Waals surface area contributed by atoms with Crippen molar-refractivity contribution in [2.45, 2.75) is 13.5 Å². The molecular weight excluding hydrogens is 420 g/mol. The van der Waals surface area contributed by atoms with Gasteiger partial charge in [0, 0.05) is 56.4 Å². The highest BCUT2D eigenvalue weighted by atomic mass is 35.5. The summed E-state index contributed by atoms with van der Waals surface area (Å²) in [6.07, 6.45) is 2.18. The molecule has 0 bridgehead atoms. The summed E-state index contributed by atoms with van der Waals surface area (Å²) in [5, 5.41) is 0.714. The van der Waals surface area contributed by atoms with E-state index in [4.69, 9.17) is 16.6 Å². The van der Waals surface area contributed by atoms with Crippen LogP contribution in [0.5, 0.6) is 0 Å². The van der Waals surface area contributed by atoms with Gasteiger partial charge in [-0.05, 0) is 35.4 Å². The first-order valence-electron chi connectivity index (χ1n) is 10.9. The zero-order valence-corrected chi connectivity index (χ0v) is 18.8. The predicted octanol–water partition coefficient (Wildman–Crippen LogP) is 4.99. The SMILES string of the molecule is CC(=O)N1CCN(Cc2c(-c3ccc(Cl)cc3)nc3ccc(-c4ccccc4)cn23)CC1. The highest BCUT2D eigenvalue weighted by molar-refractivity contribution is 6.30. The minimum atomic E-state index is 0.147. The van der Waals surface area contributed by atoms with Crippen LogP contribution in [0.15, 0.2) is 72.9 Å². The Labute approximate surface area is 192 Å².